The fraction of sp³-hybridized carbons (Fsp3) is 0. The highest BCUT2D eigenvalue weighted by Gasteiger charge is 2.14. The molecule has 25 heavy (non-hydrogen) atoms. The molecule has 0 heterocycles. The van der Waals surface area contributed by atoms with Crippen LogP contribution in [0.3, 0.4) is 0 Å². The Morgan fingerprint density at radius 1 is 0.800 bits per heavy atom. The maximum atomic E-state index is 12.4. The number of carbonyl (C=O) groups is 2. The van der Waals surface area contributed by atoms with E-state index in [0.717, 1.165) is 17.2 Å². The molecule has 3 N–H and O–H groups in total. The minimum atomic E-state index is -1.23. The van der Waals surface area contributed by atoms with Crippen LogP contribution in [0.2, 0.25) is 0 Å². The Labute approximate surface area is 144 Å². The molecule has 0 unspecified atom stereocenters. The summed E-state index contributed by atoms with van der Waals surface area (Å²) in [7, 11) is 0. The van der Waals surface area contributed by atoms with Crippen molar-refractivity contribution in [2.75, 3.05) is 5.32 Å². The quantitative estimate of drug-likeness (QED) is 0.630. The number of hydrogen-bond acceptors (Lipinski definition) is 3. The zero-order chi connectivity index (χ0) is 17.8. The van der Waals surface area contributed by atoms with Crippen LogP contribution in [-0.2, 0) is 0 Å². The number of hydrogen-bond donors (Lipinski definition) is 3. The predicted molar refractivity (Wildman–Crippen MR) is 94.9 cm³/mol. The van der Waals surface area contributed by atoms with E-state index < -0.39 is 11.9 Å². The Kier molecular flexibility index (Phi) is 4.48. The first-order valence-electron chi connectivity index (χ1n) is 7.58. The molecule has 124 valence electrons. The molecule has 5 nitrogen and oxygen atoms in total. The lowest BCUT2D eigenvalue weighted by molar-refractivity contribution is 0.0697. The van der Waals surface area contributed by atoms with Gasteiger partial charge in [0.2, 0.25) is 0 Å². The molecule has 0 bridgehead atoms. The summed E-state index contributed by atoms with van der Waals surface area (Å²) in [6, 6.07) is 20.6. The molecule has 0 atom stereocenters. The van der Waals surface area contributed by atoms with Crippen molar-refractivity contribution in [2.24, 2.45) is 0 Å². The third-order valence-electron chi connectivity index (χ3n) is 3.74. The van der Waals surface area contributed by atoms with Crippen LogP contribution in [0.15, 0.2) is 72.8 Å². The molecule has 0 spiro atoms. The second kappa shape index (κ2) is 6.88. The Morgan fingerprint density at radius 2 is 1.44 bits per heavy atom. The Hall–Kier alpha value is -3.60. The Balaban J connectivity index is 1.82. The van der Waals surface area contributed by atoms with Crippen molar-refractivity contribution in [2.45, 2.75) is 0 Å². The Bertz CT molecular complexity index is 918. The average molecular weight is 333 g/mol. The number of phenolic OH excluding ortho intramolecular Hbond substituents is 1. The van der Waals surface area contributed by atoms with Gasteiger partial charge in [-0.05, 0) is 41.5 Å². The minimum Gasteiger partial charge on any atom is -0.508 e. The number of aromatic carboxylic acids is 1. The molecule has 3 aromatic carbocycles. The van der Waals surface area contributed by atoms with Crippen LogP contribution >= 0.6 is 0 Å². The lowest BCUT2D eigenvalue weighted by atomic mass is 10.0. The van der Waals surface area contributed by atoms with Gasteiger partial charge >= 0.3 is 5.97 Å². The normalized spacial score (nSPS) is 10.2. The van der Waals surface area contributed by atoms with Crippen LogP contribution in [0.25, 0.3) is 11.1 Å². The van der Waals surface area contributed by atoms with E-state index in [-0.39, 0.29) is 17.0 Å². The molecular formula is C20H15NO4. The second-order valence-electron chi connectivity index (χ2n) is 5.43. The molecule has 0 saturated carbocycles. The van der Waals surface area contributed by atoms with Gasteiger partial charge in [-0.15, -0.1) is 0 Å². The van der Waals surface area contributed by atoms with Crippen molar-refractivity contribution >= 4 is 17.6 Å². The molecule has 0 aromatic heterocycles. The van der Waals surface area contributed by atoms with Gasteiger partial charge in [0.25, 0.3) is 5.91 Å². The van der Waals surface area contributed by atoms with Gasteiger partial charge in [0.1, 0.15) is 5.75 Å². The molecule has 0 aliphatic heterocycles. The van der Waals surface area contributed by atoms with Gasteiger partial charge in [0.15, 0.2) is 0 Å². The van der Waals surface area contributed by atoms with Crippen molar-refractivity contribution in [3.8, 4) is 16.9 Å². The van der Waals surface area contributed by atoms with Gasteiger partial charge in [0.05, 0.1) is 11.3 Å². The average Bonchev–Trinajstić information content (AvgIpc) is 2.64. The number of carboxylic acids is 1. The predicted octanol–water partition coefficient (Wildman–Crippen LogP) is 4.01. The van der Waals surface area contributed by atoms with E-state index in [1.807, 2.05) is 42.5 Å². The third-order valence-corrected chi connectivity index (χ3v) is 3.74. The van der Waals surface area contributed by atoms with E-state index in [1.165, 1.54) is 12.1 Å². The highest BCUT2D eigenvalue weighted by Crippen LogP contribution is 2.23. The number of amides is 1. The minimum absolute atomic E-state index is 0.127. The van der Waals surface area contributed by atoms with Crippen molar-refractivity contribution in [1.82, 2.24) is 0 Å². The molecule has 1 amide bonds. The van der Waals surface area contributed by atoms with Gasteiger partial charge in [-0.2, -0.15) is 0 Å². The summed E-state index contributed by atoms with van der Waals surface area (Å²) in [5.74, 6) is -1.83. The largest absolute Gasteiger partial charge is 0.508 e. The molecule has 3 aromatic rings. The van der Waals surface area contributed by atoms with E-state index in [4.69, 9.17) is 0 Å². The summed E-state index contributed by atoms with van der Waals surface area (Å²) in [6.07, 6.45) is 0. The zero-order valence-electron chi connectivity index (χ0n) is 13.1. The molecule has 0 radical (unpaired) electrons. The molecule has 0 fully saturated rings. The van der Waals surface area contributed by atoms with E-state index in [1.54, 1.807) is 12.1 Å². The summed E-state index contributed by atoms with van der Waals surface area (Å²) in [4.78, 5) is 23.6. The van der Waals surface area contributed by atoms with Gasteiger partial charge in [-0.3, -0.25) is 4.79 Å². The van der Waals surface area contributed by atoms with Crippen molar-refractivity contribution in [3.63, 3.8) is 0 Å². The van der Waals surface area contributed by atoms with E-state index >= 15 is 0 Å². The van der Waals surface area contributed by atoms with Crippen LogP contribution in [-0.4, -0.2) is 22.1 Å². The summed E-state index contributed by atoms with van der Waals surface area (Å²) in [5, 5.41) is 21.1. The molecule has 0 saturated heterocycles. The maximum absolute atomic E-state index is 12.4. The molecule has 5 heteroatoms. The number of anilines is 1. The number of carbonyl (C=O) groups excluding carboxylic acids is 1. The molecule has 3 rings (SSSR count). The summed E-state index contributed by atoms with van der Waals surface area (Å²) >= 11 is 0. The van der Waals surface area contributed by atoms with Crippen molar-refractivity contribution < 1.29 is 19.8 Å². The number of carboxylic acid groups (broad SMARTS) is 1. The van der Waals surface area contributed by atoms with Gasteiger partial charge in [-0.1, -0.05) is 42.5 Å². The summed E-state index contributed by atoms with van der Waals surface area (Å²) < 4.78 is 0. The second-order valence-corrected chi connectivity index (χ2v) is 5.43. The van der Waals surface area contributed by atoms with E-state index in [0.29, 0.717) is 5.56 Å². The number of phenols is 1. The fourth-order valence-electron chi connectivity index (χ4n) is 2.46. The standard InChI is InChI=1S/C20H15NO4/c22-16-10-11-18(17(12-16)20(24)25)21-19(23)15-8-6-14(7-9-15)13-4-2-1-3-5-13/h1-12,22H,(H,21,23)(H,24,25). The summed E-state index contributed by atoms with van der Waals surface area (Å²) in [6.45, 7) is 0. The first-order valence-corrected chi connectivity index (χ1v) is 7.58. The lowest BCUT2D eigenvalue weighted by Gasteiger charge is -2.09. The lowest BCUT2D eigenvalue weighted by Crippen LogP contribution is -2.14. The first-order chi connectivity index (χ1) is 12.0. The monoisotopic (exact) mass is 333 g/mol. The highest BCUT2D eigenvalue weighted by atomic mass is 16.4. The topological polar surface area (TPSA) is 86.6 Å². The number of nitrogens with one attached hydrogen (secondary N) is 1. The van der Waals surface area contributed by atoms with Crippen LogP contribution in [0, 0.1) is 0 Å². The molecular weight excluding hydrogens is 318 g/mol. The van der Waals surface area contributed by atoms with Crippen molar-refractivity contribution in [3.05, 3.63) is 83.9 Å². The maximum Gasteiger partial charge on any atom is 0.337 e. The first kappa shape index (κ1) is 16.3. The van der Waals surface area contributed by atoms with Crippen LogP contribution in [0.5, 0.6) is 5.75 Å². The van der Waals surface area contributed by atoms with Crippen LogP contribution < -0.4 is 5.32 Å². The smallest absolute Gasteiger partial charge is 0.337 e. The zero-order valence-corrected chi connectivity index (χ0v) is 13.1. The van der Waals surface area contributed by atoms with Crippen LogP contribution in [0.4, 0.5) is 5.69 Å². The third kappa shape index (κ3) is 3.67. The number of rotatable bonds is 4. The number of benzene rings is 3. The van der Waals surface area contributed by atoms with Gasteiger partial charge in [0, 0.05) is 5.56 Å². The van der Waals surface area contributed by atoms with Crippen LogP contribution in [0.1, 0.15) is 20.7 Å². The fourth-order valence-corrected chi connectivity index (χ4v) is 2.46. The van der Waals surface area contributed by atoms with Gasteiger partial charge < -0.3 is 15.5 Å². The van der Waals surface area contributed by atoms with Crippen molar-refractivity contribution in [1.29, 1.82) is 0 Å². The SMILES string of the molecule is O=C(Nc1ccc(O)cc1C(=O)O)c1ccc(-c2ccccc2)cc1. The van der Waals surface area contributed by atoms with Gasteiger partial charge in [-0.25, -0.2) is 4.79 Å². The summed E-state index contributed by atoms with van der Waals surface area (Å²) in [5.41, 5.74) is 2.38. The van der Waals surface area contributed by atoms with E-state index in [2.05, 4.69) is 5.32 Å². The molecule has 0 aliphatic rings. The molecule has 0 aliphatic carbocycles. The van der Waals surface area contributed by atoms with E-state index in [9.17, 15) is 19.8 Å². The number of aromatic hydroxyl groups is 1. The highest BCUT2D eigenvalue weighted by molar-refractivity contribution is 6.08. The Morgan fingerprint density at radius 3 is 2.08 bits per heavy atom.